The number of nitrogens with zero attached hydrogens (tertiary/aromatic N) is 2. The normalized spacial score (nSPS) is 25.1. The molecular weight excluding hydrogens is 344 g/mol. The van der Waals surface area contributed by atoms with Gasteiger partial charge in [-0.3, -0.25) is 19.5 Å². The Morgan fingerprint density at radius 3 is 2.96 bits per heavy atom. The number of pyridine rings is 1. The number of imide groups is 1. The Kier molecular flexibility index (Phi) is 4.30. The average molecular weight is 366 g/mol. The number of urea groups is 1. The lowest BCUT2D eigenvalue weighted by atomic mass is 9.73. The third kappa shape index (κ3) is 2.93. The molecule has 27 heavy (non-hydrogen) atoms. The first-order valence-electron chi connectivity index (χ1n) is 9.29. The molecule has 1 spiro atoms. The van der Waals surface area contributed by atoms with Crippen LogP contribution in [0.2, 0.25) is 0 Å². The van der Waals surface area contributed by atoms with E-state index in [0.29, 0.717) is 12.1 Å². The molecular formula is C20H22N4O3. The Bertz CT molecular complexity index is 923. The number of nitrogens with one attached hydrogen (secondary N) is 2. The van der Waals surface area contributed by atoms with Crippen LogP contribution in [0.3, 0.4) is 0 Å². The van der Waals surface area contributed by atoms with Crippen LogP contribution in [0, 0.1) is 5.92 Å². The third-order valence-electron chi connectivity index (χ3n) is 5.72. The summed E-state index contributed by atoms with van der Waals surface area (Å²) < 4.78 is 0. The molecule has 4 amide bonds. The van der Waals surface area contributed by atoms with E-state index < -0.39 is 17.5 Å². The van der Waals surface area contributed by atoms with Crippen molar-refractivity contribution < 1.29 is 14.4 Å². The highest BCUT2D eigenvalue weighted by Crippen LogP contribution is 2.38. The van der Waals surface area contributed by atoms with Crippen LogP contribution >= 0.6 is 0 Å². The summed E-state index contributed by atoms with van der Waals surface area (Å²) in [6, 6.07) is 8.61. The Hall–Kier alpha value is -2.96. The van der Waals surface area contributed by atoms with E-state index in [1.807, 2.05) is 19.1 Å². The first-order chi connectivity index (χ1) is 13.0. The van der Waals surface area contributed by atoms with Gasteiger partial charge in [-0.05, 0) is 43.0 Å². The molecule has 0 unspecified atom stereocenters. The van der Waals surface area contributed by atoms with Crippen molar-refractivity contribution in [3.05, 3.63) is 36.5 Å². The molecule has 4 rings (SSSR count). The van der Waals surface area contributed by atoms with Crippen molar-refractivity contribution in [3.8, 4) is 0 Å². The smallest absolute Gasteiger partial charge is 0.324 e. The number of anilines is 1. The van der Waals surface area contributed by atoms with Crippen LogP contribution in [0.1, 0.15) is 32.6 Å². The van der Waals surface area contributed by atoms with Crippen molar-refractivity contribution in [1.29, 1.82) is 0 Å². The Morgan fingerprint density at radius 1 is 1.30 bits per heavy atom. The summed E-state index contributed by atoms with van der Waals surface area (Å²) in [4.78, 5) is 43.2. The van der Waals surface area contributed by atoms with Crippen molar-refractivity contribution >= 4 is 34.4 Å². The summed E-state index contributed by atoms with van der Waals surface area (Å²) >= 11 is 0. The van der Waals surface area contributed by atoms with Gasteiger partial charge in [0.15, 0.2) is 0 Å². The third-order valence-corrected chi connectivity index (χ3v) is 5.72. The van der Waals surface area contributed by atoms with Crippen molar-refractivity contribution in [2.24, 2.45) is 5.92 Å². The van der Waals surface area contributed by atoms with E-state index in [1.165, 1.54) is 0 Å². The van der Waals surface area contributed by atoms with Crippen molar-refractivity contribution in [3.63, 3.8) is 0 Å². The Balaban J connectivity index is 1.51. The number of fused-ring (bicyclic) bond motifs is 1. The van der Waals surface area contributed by atoms with Gasteiger partial charge in [0, 0.05) is 11.6 Å². The van der Waals surface area contributed by atoms with Gasteiger partial charge in [0.1, 0.15) is 12.1 Å². The Morgan fingerprint density at radius 2 is 2.15 bits per heavy atom. The lowest BCUT2D eigenvalue weighted by Crippen LogP contribution is -2.54. The van der Waals surface area contributed by atoms with Crippen LogP contribution < -0.4 is 10.6 Å². The van der Waals surface area contributed by atoms with Gasteiger partial charge >= 0.3 is 6.03 Å². The molecule has 1 aliphatic carbocycles. The van der Waals surface area contributed by atoms with Gasteiger partial charge in [-0.1, -0.05) is 25.8 Å². The molecule has 1 aliphatic heterocycles. The predicted molar refractivity (Wildman–Crippen MR) is 101 cm³/mol. The predicted octanol–water partition coefficient (Wildman–Crippen LogP) is 2.67. The van der Waals surface area contributed by atoms with E-state index in [9.17, 15) is 14.4 Å². The maximum Gasteiger partial charge on any atom is 0.325 e. The second kappa shape index (κ2) is 6.64. The molecule has 1 aromatic heterocycles. The van der Waals surface area contributed by atoms with Crippen molar-refractivity contribution in [1.82, 2.24) is 15.2 Å². The zero-order chi connectivity index (χ0) is 19.0. The molecule has 0 bridgehead atoms. The summed E-state index contributed by atoms with van der Waals surface area (Å²) in [6.07, 6.45) is 5.17. The second-order valence-electron chi connectivity index (χ2n) is 7.36. The number of hydrogen-bond acceptors (Lipinski definition) is 4. The highest BCUT2D eigenvalue weighted by Gasteiger charge is 2.55. The molecule has 1 saturated carbocycles. The van der Waals surface area contributed by atoms with E-state index >= 15 is 0 Å². The highest BCUT2D eigenvalue weighted by atomic mass is 16.2. The summed E-state index contributed by atoms with van der Waals surface area (Å²) in [5, 5.41) is 6.48. The van der Waals surface area contributed by atoms with E-state index in [0.717, 1.165) is 35.1 Å². The molecule has 2 N–H and O–H groups in total. The number of benzene rings is 1. The zero-order valence-corrected chi connectivity index (χ0v) is 15.2. The van der Waals surface area contributed by atoms with Crippen LogP contribution in [-0.2, 0) is 9.59 Å². The minimum atomic E-state index is -0.848. The summed E-state index contributed by atoms with van der Waals surface area (Å²) in [6.45, 7) is 1.69. The van der Waals surface area contributed by atoms with E-state index in [-0.39, 0.29) is 18.4 Å². The lowest BCUT2D eigenvalue weighted by Gasteiger charge is -2.36. The molecule has 7 heteroatoms. The summed E-state index contributed by atoms with van der Waals surface area (Å²) in [5.74, 6) is -0.621. The monoisotopic (exact) mass is 366 g/mol. The SMILES string of the molecule is C[C@H]1CCCC[C@]12NC(=O)N(CC(=O)Nc1cccc3ncccc13)C2=O. The highest BCUT2D eigenvalue weighted by molar-refractivity contribution is 6.11. The lowest BCUT2D eigenvalue weighted by molar-refractivity contribution is -0.136. The molecule has 2 aliphatic rings. The van der Waals surface area contributed by atoms with Crippen LogP contribution in [0.4, 0.5) is 10.5 Å². The Labute approximate surface area is 157 Å². The van der Waals surface area contributed by atoms with Gasteiger partial charge in [0.25, 0.3) is 5.91 Å². The minimum absolute atomic E-state index is 0.0694. The molecule has 1 aromatic carbocycles. The van der Waals surface area contributed by atoms with Gasteiger partial charge < -0.3 is 10.6 Å². The van der Waals surface area contributed by atoms with E-state index in [4.69, 9.17) is 0 Å². The van der Waals surface area contributed by atoms with Crippen LogP contribution in [0.15, 0.2) is 36.5 Å². The van der Waals surface area contributed by atoms with Crippen LogP contribution in [0.25, 0.3) is 10.9 Å². The fourth-order valence-electron chi connectivity index (χ4n) is 4.18. The quantitative estimate of drug-likeness (QED) is 0.817. The zero-order valence-electron chi connectivity index (χ0n) is 15.2. The van der Waals surface area contributed by atoms with Crippen LogP contribution in [0.5, 0.6) is 0 Å². The fraction of sp³-hybridized carbons (Fsp3) is 0.400. The molecule has 1 saturated heterocycles. The maximum atomic E-state index is 13.0. The minimum Gasteiger partial charge on any atom is -0.324 e. The standard InChI is InChI=1S/C20H22N4O3/c1-13-6-2-3-10-20(13)18(26)24(19(27)23-20)12-17(25)22-16-9-4-8-15-14(16)7-5-11-21-15/h4-5,7-9,11,13H,2-3,6,10,12H2,1H3,(H,22,25)(H,23,27)/t13-,20-/m0/s1. The summed E-state index contributed by atoms with van der Waals surface area (Å²) in [5.41, 5.74) is 0.526. The maximum absolute atomic E-state index is 13.0. The number of hydrogen-bond donors (Lipinski definition) is 2. The number of carbonyl (C=O) groups is 3. The molecule has 2 atom stereocenters. The molecule has 0 radical (unpaired) electrons. The molecule has 2 aromatic rings. The molecule has 140 valence electrons. The van der Waals surface area contributed by atoms with Gasteiger partial charge in [-0.2, -0.15) is 0 Å². The topological polar surface area (TPSA) is 91.4 Å². The van der Waals surface area contributed by atoms with Gasteiger partial charge in [0.05, 0.1) is 11.2 Å². The number of aromatic nitrogens is 1. The molecule has 7 nitrogen and oxygen atoms in total. The van der Waals surface area contributed by atoms with E-state index in [1.54, 1.807) is 24.4 Å². The second-order valence-corrected chi connectivity index (χ2v) is 7.36. The van der Waals surface area contributed by atoms with Gasteiger partial charge in [0.2, 0.25) is 5.91 Å². The van der Waals surface area contributed by atoms with Gasteiger partial charge in [-0.25, -0.2) is 4.79 Å². The van der Waals surface area contributed by atoms with Crippen LogP contribution in [-0.4, -0.2) is 39.8 Å². The first kappa shape index (κ1) is 17.5. The molecule has 2 heterocycles. The summed E-state index contributed by atoms with van der Waals surface area (Å²) in [7, 11) is 0. The fourth-order valence-corrected chi connectivity index (χ4v) is 4.18. The first-order valence-corrected chi connectivity index (χ1v) is 9.29. The van der Waals surface area contributed by atoms with Gasteiger partial charge in [-0.15, -0.1) is 0 Å². The largest absolute Gasteiger partial charge is 0.325 e. The average Bonchev–Trinajstić information content (AvgIpc) is 2.89. The van der Waals surface area contributed by atoms with Crippen molar-refractivity contribution in [2.75, 3.05) is 11.9 Å². The number of carbonyl (C=O) groups excluding carboxylic acids is 3. The number of rotatable bonds is 3. The van der Waals surface area contributed by atoms with E-state index in [2.05, 4.69) is 15.6 Å². The molecule has 2 fully saturated rings. The number of amides is 4. The van der Waals surface area contributed by atoms with Crippen molar-refractivity contribution in [2.45, 2.75) is 38.1 Å².